The Hall–Kier alpha value is -2.97. The monoisotopic (exact) mass is 264 g/mol. The molecule has 1 heterocycles. The van der Waals surface area contributed by atoms with E-state index in [1.54, 1.807) is 0 Å². The number of carbonyl (C=O) groups is 2. The zero-order chi connectivity index (χ0) is 13.8. The van der Waals surface area contributed by atoms with Gasteiger partial charge in [-0.1, -0.05) is 5.21 Å². The van der Waals surface area contributed by atoms with Crippen LogP contribution in [0.5, 0.6) is 5.75 Å². The molecule has 0 bridgehead atoms. The quantitative estimate of drug-likeness (QED) is 0.694. The minimum Gasteiger partial charge on any atom is -0.485 e. The summed E-state index contributed by atoms with van der Waals surface area (Å²) in [5.41, 5.74) is -0.356. The number of nitrogens with zero attached hydrogens (tertiary/aromatic N) is 3. The number of carboxylic acid groups (broad SMARTS) is 2. The number of tetrazole rings is 1. The van der Waals surface area contributed by atoms with Gasteiger partial charge in [-0.15, -0.1) is 10.2 Å². The van der Waals surface area contributed by atoms with E-state index in [1.807, 2.05) is 0 Å². The summed E-state index contributed by atoms with van der Waals surface area (Å²) in [4.78, 5) is 21.7. The largest absolute Gasteiger partial charge is 0.485 e. The van der Waals surface area contributed by atoms with E-state index in [1.165, 1.54) is 12.1 Å². The zero-order valence-electron chi connectivity index (χ0n) is 9.40. The van der Waals surface area contributed by atoms with Gasteiger partial charge in [-0.2, -0.15) is 5.21 Å². The molecule has 9 nitrogen and oxygen atoms in total. The van der Waals surface area contributed by atoms with Crippen LogP contribution in [0.25, 0.3) is 0 Å². The maximum absolute atomic E-state index is 10.9. The second kappa shape index (κ2) is 5.12. The Kier molecular flexibility index (Phi) is 3.37. The van der Waals surface area contributed by atoms with Gasteiger partial charge in [0.05, 0.1) is 11.1 Å². The van der Waals surface area contributed by atoms with Gasteiger partial charge in [-0.3, -0.25) is 0 Å². The van der Waals surface area contributed by atoms with Crippen molar-refractivity contribution in [2.45, 2.75) is 6.61 Å². The van der Waals surface area contributed by atoms with E-state index in [4.69, 9.17) is 14.9 Å². The van der Waals surface area contributed by atoms with Crippen LogP contribution in [0.15, 0.2) is 18.2 Å². The van der Waals surface area contributed by atoms with Gasteiger partial charge in [-0.25, -0.2) is 9.59 Å². The molecule has 0 spiro atoms. The van der Waals surface area contributed by atoms with Crippen LogP contribution in [0.1, 0.15) is 26.5 Å². The molecule has 98 valence electrons. The number of carboxylic acids is 2. The van der Waals surface area contributed by atoms with Crippen molar-refractivity contribution in [2.24, 2.45) is 0 Å². The fraction of sp³-hybridized carbons (Fsp3) is 0.100. The first-order valence-electron chi connectivity index (χ1n) is 5.03. The van der Waals surface area contributed by atoms with Crippen LogP contribution in [0, 0.1) is 0 Å². The van der Waals surface area contributed by atoms with Crippen LogP contribution in [0.3, 0.4) is 0 Å². The van der Waals surface area contributed by atoms with Gasteiger partial charge < -0.3 is 14.9 Å². The molecule has 0 amide bonds. The third-order valence-electron chi connectivity index (χ3n) is 2.16. The number of H-pyrrole nitrogens is 1. The van der Waals surface area contributed by atoms with E-state index in [0.717, 1.165) is 6.07 Å². The van der Waals surface area contributed by atoms with Crippen molar-refractivity contribution < 1.29 is 24.5 Å². The summed E-state index contributed by atoms with van der Waals surface area (Å²) in [7, 11) is 0. The molecule has 9 heteroatoms. The molecule has 0 aliphatic carbocycles. The van der Waals surface area contributed by atoms with Crippen molar-refractivity contribution in [3.63, 3.8) is 0 Å². The first kappa shape index (κ1) is 12.5. The molecule has 0 saturated heterocycles. The summed E-state index contributed by atoms with van der Waals surface area (Å²) < 4.78 is 5.22. The molecule has 0 radical (unpaired) electrons. The predicted molar refractivity (Wildman–Crippen MR) is 58.9 cm³/mol. The highest BCUT2D eigenvalue weighted by atomic mass is 16.5. The highest BCUT2D eigenvalue weighted by Gasteiger charge is 2.12. The molecular formula is C10H8N4O5. The summed E-state index contributed by atoms with van der Waals surface area (Å²) in [5.74, 6) is -2.13. The Morgan fingerprint density at radius 1 is 1.16 bits per heavy atom. The molecule has 0 saturated carbocycles. The number of aromatic nitrogens is 4. The van der Waals surface area contributed by atoms with Crippen molar-refractivity contribution in [3.05, 3.63) is 35.2 Å². The lowest BCUT2D eigenvalue weighted by Crippen LogP contribution is -2.05. The van der Waals surface area contributed by atoms with Crippen LogP contribution in [-0.4, -0.2) is 42.8 Å². The van der Waals surface area contributed by atoms with Crippen molar-refractivity contribution in [1.29, 1.82) is 0 Å². The van der Waals surface area contributed by atoms with Crippen molar-refractivity contribution >= 4 is 11.9 Å². The Morgan fingerprint density at radius 3 is 2.26 bits per heavy atom. The number of rotatable bonds is 5. The minimum atomic E-state index is -1.24. The van der Waals surface area contributed by atoms with Crippen molar-refractivity contribution in [3.8, 4) is 5.75 Å². The standard InChI is InChI=1S/C10H8N4O5/c15-9(16)5-1-6(10(17)18)3-7(2-5)19-4-8-11-13-14-12-8/h1-3H,4H2,(H,15,16)(H,17,18)(H,11,12,13,14). The smallest absolute Gasteiger partial charge is 0.335 e. The highest BCUT2D eigenvalue weighted by Crippen LogP contribution is 2.18. The SMILES string of the molecule is O=C(O)c1cc(OCc2nn[nH]n2)cc(C(=O)O)c1. The first-order chi connectivity index (χ1) is 9.06. The van der Waals surface area contributed by atoms with E-state index in [-0.39, 0.29) is 29.3 Å². The molecule has 2 aromatic rings. The minimum absolute atomic E-state index is 0.0569. The summed E-state index contributed by atoms with van der Waals surface area (Å²) in [6, 6.07) is 3.48. The fourth-order valence-electron chi connectivity index (χ4n) is 1.32. The molecule has 0 atom stereocenters. The number of hydrogen-bond donors (Lipinski definition) is 3. The van der Waals surface area contributed by atoms with Crippen LogP contribution < -0.4 is 4.74 Å². The van der Waals surface area contributed by atoms with Gasteiger partial charge in [0.15, 0.2) is 6.61 Å². The first-order valence-corrected chi connectivity index (χ1v) is 5.03. The Balaban J connectivity index is 2.23. The number of benzene rings is 1. The third-order valence-corrected chi connectivity index (χ3v) is 2.16. The van der Waals surface area contributed by atoms with Crippen LogP contribution in [0.4, 0.5) is 0 Å². The van der Waals surface area contributed by atoms with E-state index in [2.05, 4.69) is 20.6 Å². The molecule has 19 heavy (non-hydrogen) atoms. The summed E-state index contributed by atoms with van der Waals surface area (Å²) >= 11 is 0. The lowest BCUT2D eigenvalue weighted by molar-refractivity contribution is 0.0696. The molecular weight excluding hydrogens is 256 g/mol. The normalized spacial score (nSPS) is 10.1. The molecule has 2 rings (SSSR count). The van der Waals surface area contributed by atoms with Gasteiger partial charge in [0.25, 0.3) is 0 Å². The summed E-state index contributed by atoms with van der Waals surface area (Å²) in [5, 5.41) is 30.6. The number of aromatic carboxylic acids is 2. The molecule has 0 unspecified atom stereocenters. The average Bonchev–Trinajstić information content (AvgIpc) is 2.89. The predicted octanol–water partition coefficient (Wildman–Crippen LogP) is 0.175. The van der Waals surface area contributed by atoms with Gasteiger partial charge >= 0.3 is 11.9 Å². The number of aromatic amines is 1. The molecule has 0 fully saturated rings. The second-order valence-corrected chi connectivity index (χ2v) is 3.47. The van der Waals surface area contributed by atoms with Gasteiger partial charge in [0, 0.05) is 0 Å². The van der Waals surface area contributed by atoms with E-state index < -0.39 is 11.9 Å². The van der Waals surface area contributed by atoms with Crippen LogP contribution >= 0.6 is 0 Å². The third kappa shape index (κ3) is 3.03. The Morgan fingerprint density at radius 2 is 1.79 bits per heavy atom. The molecule has 0 aliphatic heterocycles. The summed E-state index contributed by atoms with van der Waals surface area (Å²) in [6.45, 7) is -0.0569. The zero-order valence-corrected chi connectivity index (χ0v) is 9.40. The maximum Gasteiger partial charge on any atom is 0.335 e. The molecule has 0 aliphatic rings. The van der Waals surface area contributed by atoms with Crippen LogP contribution in [-0.2, 0) is 6.61 Å². The average molecular weight is 264 g/mol. The van der Waals surface area contributed by atoms with E-state index >= 15 is 0 Å². The Bertz CT molecular complexity index is 578. The number of nitrogens with one attached hydrogen (secondary N) is 1. The van der Waals surface area contributed by atoms with Gasteiger partial charge in [0.2, 0.25) is 5.82 Å². The van der Waals surface area contributed by atoms with Crippen LogP contribution in [0.2, 0.25) is 0 Å². The van der Waals surface area contributed by atoms with Crippen molar-refractivity contribution in [1.82, 2.24) is 20.6 Å². The number of ether oxygens (including phenoxy) is 1. The Labute approximate surface area is 105 Å². The topological polar surface area (TPSA) is 138 Å². The lowest BCUT2D eigenvalue weighted by Gasteiger charge is -2.06. The van der Waals surface area contributed by atoms with Gasteiger partial charge in [0.1, 0.15) is 5.75 Å². The summed E-state index contributed by atoms with van der Waals surface area (Å²) in [6.07, 6.45) is 0. The fourth-order valence-corrected chi connectivity index (χ4v) is 1.32. The second-order valence-electron chi connectivity index (χ2n) is 3.47. The van der Waals surface area contributed by atoms with Gasteiger partial charge in [-0.05, 0) is 18.2 Å². The highest BCUT2D eigenvalue weighted by molar-refractivity contribution is 5.94. The van der Waals surface area contributed by atoms with Crippen molar-refractivity contribution in [2.75, 3.05) is 0 Å². The molecule has 3 N–H and O–H groups in total. The lowest BCUT2D eigenvalue weighted by atomic mass is 10.1. The molecule has 1 aromatic heterocycles. The maximum atomic E-state index is 10.9. The van der Waals surface area contributed by atoms with E-state index in [0.29, 0.717) is 0 Å². The van der Waals surface area contributed by atoms with E-state index in [9.17, 15) is 9.59 Å². The molecule has 1 aromatic carbocycles. The number of hydrogen-bond acceptors (Lipinski definition) is 6.